The molecule has 2 heterocycles. The van der Waals surface area contributed by atoms with E-state index in [-0.39, 0.29) is 11.7 Å². The number of rotatable bonds is 7. The van der Waals surface area contributed by atoms with Gasteiger partial charge in [0.1, 0.15) is 12.1 Å². The van der Waals surface area contributed by atoms with Gasteiger partial charge in [0.05, 0.1) is 18.1 Å². The first-order chi connectivity index (χ1) is 12.5. The Hall–Kier alpha value is -2.87. The number of nitrogens with one attached hydrogen (secondary N) is 1. The van der Waals surface area contributed by atoms with Crippen molar-refractivity contribution >= 4 is 29.1 Å². The molecule has 0 fully saturated rings. The summed E-state index contributed by atoms with van der Waals surface area (Å²) >= 11 is 1.31. The van der Waals surface area contributed by atoms with Crippen LogP contribution in [0.2, 0.25) is 0 Å². The van der Waals surface area contributed by atoms with Crippen molar-refractivity contribution in [2.75, 3.05) is 5.32 Å². The third-order valence-electron chi connectivity index (χ3n) is 3.67. The zero-order chi connectivity index (χ0) is 18.5. The lowest BCUT2D eigenvalue weighted by Crippen LogP contribution is -2.23. The third-order valence-corrected chi connectivity index (χ3v) is 4.77. The Bertz CT molecular complexity index is 905. The van der Waals surface area contributed by atoms with Gasteiger partial charge in [-0.2, -0.15) is 0 Å². The van der Waals surface area contributed by atoms with Gasteiger partial charge in [-0.05, 0) is 38.1 Å². The van der Waals surface area contributed by atoms with Gasteiger partial charge < -0.3 is 14.3 Å². The van der Waals surface area contributed by atoms with E-state index in [1.165, 1.54) is 18.7 Å². The highest BCUT2D eigenvalue weighted by Crippen LogP contribution is 2.23. The monoisotopic (exact) mass is 370 g/mol. The summed E-state index contributed by atoms with van der Waals surface area (Å²) in [5, 5.41) is 11.0. The molecule has 1 amide bonds. The Balaban J connectivity index is 1.64. The van der Waals surface area contributed by atoms with Gasteiger partial charge in [0.2, 0.25) is 5.91 Å². The van der Waals surface area contributed by atoms with Crippen molar-refractivity contribution in [3.8, 4) is 0 Å². The second-order valence-electron chi connectivity index (χ2n) is 5.71. The highest BCUT2D eigenvalue weighted by molar-refractivity contribution is 8.00. The molecule has 0 spiro atoms. The lowest BCUT2D eigenvalue weighted by molar-refractivity contribution is -0.115. The Morgan fingerprint density at radius 3 is 2.88 bits per heavy atom. The van der Waals surface area contributed by atoms with Gasteiger partial charge >= 0.3 is 0 Å². The molecule has 26 heavy (non-hydrogen) atoms. The van der Waals surface area contributed by atoms with Crippen molar-refractivity contribution in [3.63, 3.8) is 0 Å². The van der Waals surface area contributed by atoms with Crippen LogP contribution in [0.5, 0.6) is 0 Å². The molecule has 2 aromatic heterocycles. The summed E-state index contributed by atoms with van der Waals surface area (Å²) in [7, 11) is 0. The number of benzene rings is 1. The van der Waals surface area contributed by atoms with E-state index in [1.807, 2.05) is 16.7 Å². The van der Waals surface area contributed by atoms with Crippen LogP contribution < -0.4 is 5.32 Å². The summed E-state index contributed by atoms with van der Waals surface area (Å²) in [5.74, 6) is 0.558. The minimum atomic E-state index is -0.393. The van der Waals surface area contributed by atoms with Crippen molar-refractivity contribution in [3.05, 3.63) is 60.3 Å². The lowest BCUT2D eigenvalue weighted by Gasteiger charge is -2.12. The predicted molar refractivity (Wildman–Crippen MR) is 98.2 cm³/mol. The largest absolute Gasteiger partial charge is 0.467 e. The van der Waals surface area contributed by atoms with E-state index in [9.17, 15) is 9.59 Å². The molecule has 0 aliphatic carbocycles. The molecule has 1 N–H and O–H groups in total. The first-order valence-corrected chi connectivity index (χ1v) is 8.89. The minimum Gasteiger partial charge on any atom is -0.467 e. The molecule has 1 atom stereocenters. The SMILES string of the molecule is CC(=O)c1cccc(NC(=O)[C@@H](C)Sc2nncn2Cc2ccco2)c1. The number of carbonyl (C=O) groups excluding carboxylic acids is 2. The normalized spacial score (nSPS) is 11.9. The fourth-order valence-electron chi connectivity index (χ4n) is 2.29. The molecule has 0 saturated heterocycles. The van der Waals surface area contributed by atoms with Crippen molar-refractivity contribution in [1.29, 1.82) is 0 Å². The standard InChI is InChI=1S/C18H18N4O3S/c1-12(23)14-5-3-6-15(9-14)20-17(24)13(2)26-18-21-19-11-22(18)10-16-7-4-8-25-16/h3-9,11,13H,10H2,1-2H3,(H,20,24)/t13-/m1/s1. The number of ketones is 1. The van der Waals surface area contributed by atoms with Crippen LogP contribution in [0.15, 0.2) is 58.6 Å². The number of hydrogen-bond acceptors (Lipinski definition) is 6. The van der Waals surface area contributed by atoms with Gasteiger partial charge in [0.15, 0.2) is 10.9 Å². The molecular weight excluding hydrogens is 352 g/mol. The van der Waals surface area contributed by atoms with Gasteiger partial charge in [-0.25, -0.2) is 0 Å². The Morgan fingerprint density at radius 2 is 2.15 bits per heavy atom. The van der Waals surface area contributed by atoms with Crippen LogP contribution in [0.4, 0.5) is 5.69 Å². The molecule has 0 aliphatic rings. The molecule has 0 unspecified atom stereocenters. The number of hydrogen-bond donors (Lipinski definition) is 1. The van der Waals surface area contributed by atoms with Crippen LogP contribution in [0.3, 0.4) is 0 Å². The number of carbonyl (C=O) groups is 2. The number of Topliss-reactive ketones (excluding diaryl/α,β-unsaturated/α-hetero) is 1. The molecule has 7 nitrogen and oxygen atoms in total. The van der Waals surface area contributed by atoms with Gasteiger partial charge in [-0.15, -0.1) is 10.2 Å². The lowest BCUT2D eigenvalue weighted by atomic mass is 10.1. The van der Waals surface area contributed by atoms with E-state index in [1.54, 1.807) is 43.8 Å². The van der Waals surface area contributed by atoms with Crippen molar-refractivity contribution in [1.82, 2.24) is 14.8 Å². The smallest absolute Gasteiger partial charge is 0.237 e. The van der Waals surface area contributed by atoms with E-state index < -0.39 is 5.25 Å². The quantitative estimate of drug-likeness (QED) is 0.507. The van der Waals surface area contributed by atoms with Crippen LogP contribution in [-0.2, 0) is 11.3 Å². The average molecular weight is 370 g/mol. The summed E-state index contributed by atoms with van der Waals surface area (Å²) in [6, 6.07) is 10.6. The number of amides is 1. The molecule has 3 rings (SSSR count). The van der Waals surface area contributed by atoms with E-state index in [0.29, 0.717) is 23.0 Å². The molecule has 0 bridgehead atoms. The van der Waals surface area contributed by atoms with Crippen molar-refractivity contribution in [2.45, 2.75) is 30.8 Å². The molecule has 8 heteroatoms. The van der Waals surface area contributed by atoms with Crippen LogP contribution in [0.25, 0.3) is 0 Å². The Kier molecular flexibility index (Phi) is 5.52. The van der Waals surface area contributed by atoms with E-state index >= 15 is 0 Å². The maximum atomic E-state index is 12.5. The maximum absolute atomic E-state index is 12.5. The summed E-state index contributed by atoms with van der Waals surface area (Å²) in [4.78, 5) is 23.9. The first-order valence-electron chi connectivity index (χ1n) is 8.01. The van der Waals surface area contributed by atoms with Crippen LogP contribution >= 0.6 is 11.8 Å². The Morgan fingerprint density at radius 1 is 1.31 bits per heavy atom. The third kappa shape index (κ3) is 4.40. The van der Waals surface area contributed by atoms with Gasteiger partial charge in [0.25, 0.3) is 0 Å². The molecule has 0 aliphatic heterocycles. The van der Waals surface area contributed by atoms with Crippen molar-refractivity contribution in [2.24, 2.45) is 0 Å². The summed E-state index contributed by atoms with van der Waals surface area (Å²) in [6.45, 7) is 3.78. The zero-order valence-corrected chi connectivity index (χ0v) is 15.2. The van der Waals surface area contributed by atoms with Gasteiger partial charge in [-0.1, -0.05) is 23.9 Å². The van der Waals surface area contributed by atoms with E-state index in [2.05, 4.69) is 15.5 Å². The zero-order valence-electron chi connectivity index (χ0n) is 14.4. The molecule has 1 aromatic carbocycles. The predicted octanol–water partition coefficient (Wildman–Crippen LogP) is 3.24. The van der Waals surface area contributed by atoms with Crippen LogP contribution in [-0.4, -0.2) is 31.7 Å². The number of thioether (sulfide) groups is 1. The summed E-state index contributed by atoms with van der Waals surface area (Å²) in [6.07, 6.45) is 3.21. The Labute approximate surface area is 154 Å². The molecule has 0 radical (unpaired) electrons. The molecule has 3 aromatic rings. The maximum Gasteiger partial charge on any atom is 0.237 e. The van der Waals surface area contributed by atoms with E-state index in [0.717, 1.165) is 5.76 Å². The summed E-state index contributed by atoms with van der Waals surface area (Å²) in [5.41, 5.74) is 1.15. The number of nitrogens with zero attached hydrogens (tertiary/aromatic N) is 3. The van der Waals surface area contributed by atoms with Crippen LogP contribution in [0.1, 0.15) is 30.0 Å². The highest BCUT2D eigenvalue weighted by Gasteiger charge is 2.18. The van der Waals surface area contributed by atoms with Crippen molar-refractivity contribution < 1.29 is 14.0 Å². The van der Waals surface area contributed by atoms with Gasteiger partial charge in [-0.3, -0.25) is 9.59 Å². The summed E-state index contributed by atoms with van der Waals surface area (Å²) < 4.78 is 7.15. The number of anilines is 1. The number of aromatic nitrogens is 3. The second-order valence-corrected chi connectivity index (χ2v) is 7.02. The average Bonchev–Trinajstić information content (AvgIpc) is 3.28. The van der Waals surface area contributed by atoms with E-state index in [4.69, 9.17) is 4.42 Å². The molecule has 134 valence electrons. The van der Waals surface area contributed by atoms with Crippen LogP contribution in [0, 0.1) is 0 Å². The highest BCUT2D eigenvalue weighted by atomic mass is 32.2. The van der Waals surface area contributed by atoms with Gasteiger partial charge in [0, 0.05) is 11.3 Å². The topological polar surface area (TPSA) is 90.0 Å². The fourth-order valence-corrected chi connectivity index (χ4v) is 3.11. The first kappa shape index (κ1) is 17.9. The molecule has 0 saturated carbocycles. The second kappa shape index (κ2) is 8.01. The molecular formula is C18H18N4O3S. The fraction of sp³-hybridized carbons (Fsp3) is 0.222. The minimum absolute atomic E-state index is 0.0467. The number of furan rings is 1.